The van der Waals surface area contributed by atoms with Crippen LogP contribution in [0.1, 0.15) is 25.8 Å². The van der Waals surface area contributed by atoms with Crippen molar-refractivity contribution in [3.63, 3.8) is 0 Å². The Kier molecular flexibility index (Phi) is 7.54. The number of anilines is 1. The van der Waals surface area contributed by atoms with E-state index in [1.54, 1.807) is 11.8 Å². The Morgan fingerprint density at radius 3 is 2.32 bits per heavy atom. The standard InChI is InChI=1S/C20H24N2O2S/c1-15(2)20(24)22-17-10-8-16(9-11-17)14-21-19(23)12-13-25-18-6-4-3-5-7-18/h3-11,15H,12-14H2,1-2H3,(H,21,23)(H,22,24). The number of nitrogens with one attached hydrogen (secondary N) is 2. The summed E-state index contributed by atoms with van der Waals surface area (Å²) in [5, 5.41) is 5.77. The van der Waals surface area contributed by atoms with Crippen molar-refractivity contribution in [3.8, 4) is 0 Å². The van der Waals surface area contributed by atoms with Gasteiger partial charge in [-0.25, -0.2) is 0 Å². The van der Waals surface area contributed by atoms with Gasteiger partial charge in [-0.3, -0.25) is 9.59 Å². The Morgan fingerprint density at radius 1 is 1.00 bits per heavy atom. The van der Waals surface area contributed by atoms with E-state index in [2.05, 4.69) is 10.6 Å². The molecular weight excluding hydrogens is 332 g/mol. The molecule has 2 N–H and O–H groups in total. The van der Waals surface area contributed by atoms with E-state index in [0.717, 1.165) is 17.0 Å². The summed E-state index contributed by atoms with van der Waals surface area (Å²) in [6.45, 7) is 4.21. The zero-order valence-corrected chi connectivity index (χ0v) is 15.4. The van der Waals surface area contributed by atoms with Crippen molar-refractivity contribution in [2.75, 3.05) is 11.1 Å². The fraction of sp³-hybridized carbons (Fsp3) is 0.300. The topological polar surface area (TPSA) is 58.2 Å². The molecule has 0 aromatic heterocycles. The van der Waals surface area contributed by atoms with E-state index in [9.17, 15) is 9.59 Å². The van der Waals surface area contributed by atoms with Gasteiger partial charge >= 0.3 is 0 Å². The maximum atomic E-state index is 11.9. The second-order valence-electron chi connectivity index (χ2n) is 6.03. The molecule has 0 saturated carbocycles. The van der Waals surface area contributed by atoms with Gasteiger partial charge in [-0.15, -0.1) is 11.8 Å². The lowest BCUT2D eigenvalue weighted by molar-refractivity contribution is -0.121. The van der Waals surface area contributed by atoms with Crippen molar-refractivity contribution in [1.82, 2.24) is 5.32 Å². The van der Waals surface area contributed by atoms with E-state index in [-0.39, 0.29) is 17.7 Å². The van der Waals surface area contributed by atoms with Crippen LogP contribution in [0.25, 0.3) is 0 Å². The van der Waals surface area contributed by atoms with Crippen molar-refractivity contribution in [1.29, 1.82) is 0 Å². The van der Waals surface area contributed by atoms with Gasteiger partial charge in [0.05, 0.1) is 0 Å². The zero-order chi connectivity index (χ0) is 18.1. The summed E-state index contributed by atoms with van der Waals surface area (Å²) >= 11 is 1.68. The molecule has 0 aliphatic heterocycles. The molecule has 2 aromatic carbocycles. The number of hydrogen-bond acceptors (Lipinski definition) is 3. The van der Waals surface area contributed by atoms with E-state index in [0.29, 0.717) is 13.0 Å². The molecule has 132 valence electrons. The van der Waals surface area contributed by atoms with Crippen LogP contribution >= 0.6 is 11.8 Å². The molecule has 25 heavy (non-hydrogen) atoms. The third-order valence-corrected chi connectivity index (χ3v) is 4.59. The molecule has 0 radical (unpaired) electrons. The van der Waals surface area contributed by atoms with Crippen molar-refractivity contribution in [3.05, 3.63) is 60.2 Å². The first-order chi connectivity index (χ1) is 12.0. The molecular formula is C20H24N2O2S. The average molecular weight is 356 g/mol. The zero-order valence-electron chi connectivity index (χ0n) is 14.6. The minimum absolute atomic E-state index is 0.00281. The van der Waals surface area contributed by atoms with Crippen molar-refractivity contribution < 1.29 is 9.59 Å². The Hall–Kier alpha value is -2.27. The number of amides is 2. The van der Waals surface area contributed by atoms with Crippen LogP contribution in [0.15, 0.2) is 59.5 Å². The molecule has 0 atom stereocenters. The quantitative estimate of drug-likeness (QED) is 0.701. The van der Waals surface area contributed by atoms with Gasteiger partial charge in [-0.2, -0.15) is 0 Å². The first kappa shape index (κ1) is 19.1. The highest BCUT2D eigenvalue weighted by molar-refractivity contribution is 7.99. The summed E-state index contributed by atoms with van der Waals surface area (Å²) in [5.74, 6) is 0.751. The number of benzene rings is 2. The van der Waals surface area contributed by atoms with E-state index < -0.39 is 0 Å². The summed E-state index contributed by atoms with van der Waals surface area (Å²) in [6, 6.07) is 17.6. The highest BCUT2D eigenvalue weighted by Crippen LogP contribution is 2.17. The van der Waals surface area contributed by atoms with Crippen LogP contribution in [0, 0.1) is 5.92 Å². The minimum Gasteiger partial charge on any atom is -0.352 e. The van der Waals surface area contributed by atoms with Gasteiger partial charge in [0.1, 0.15) is 0 Å². The smallest absolute Gasteiger partial charge is 0.226 e. The molecule has 4 nitrogen and oxygen atoms in total. The van der Waals surface area contributed by atoms with Gasteiger partial charge in [0, 0.05) is 35.2 Å². The van der Waals surface area contributed by atoms with Crippen molar-refractivity contribution >= 4 is 29.3 Å². The molecule has 0 aliphatic carbocycles. The van der Waals surface area contributed by atoms with E-state index in [4.69, 9.17) is 0 Å². The molecule has 0 spiro atoms. The normalized spacial score (nSPS) is 10.5. The van der Waals surface area contributed by atoms with Crippen molar-refractivity contribution in [2.45, 2.75) is 31.7 Å². The number of thioether (sulfide) groups is 1. The molecule has 0 aliphatic rings. The molecule has 2 amide bonds. The van der Waals surface area contributed by atoms with E-state index >= 15 is 0 Å². The minimum atomic E-state index is -0.0484. The molecule has 0 bridgehead atoms. The molecule has 0 heterocycles. The maximum Gasteiger partial charge on any atom is 0.226 e. The molecule has 2 aromatic rings. The Bertz CT molecular complexity index is 685. The highest BCUT2D eigenvalue weighted by atomic mass is 32.2. The van der Waals surface area contributed by atoms with Gasteiger partial charge in [0.2, 0.25) is 11.8 Å². The third kappa shape index (κ3) is 7.01. The summed E-state index contributed by atoms with van der Waals surface area (Å²) in [7, 11) is 0. The van der Waals surface area contributed by atoms with Crippen LogP contribution < -0.4 is 10.6 Å². The predicted octanol–water partition coefficient (Wildman–Crippen LogP) is 4.08. The fourth-order valence-electron chi connectivity index (χ4n) is 2.06. The van der Waals surface area contributed by atoms with Crippen LogP contribution in [-0.4, -0.2) is 17.6 Å². The number of hydrogen-bond donors (Lipinski definition) is 2. The second kappa shape index (κ2) is 9.89. The van der Waals surface area contributed by atoms with Gasteiger partial charge < -0.3 is 10.6 Å². The summed E-state index contributed by atoms with van der Waals surface area (Å²) < 4.78 is 0. The Morgan fingerprint density at radius 2 is 1.68 bits per heavy atom. The first-order valence-electron chi connectivity index (χ1n) is 8.39. The second-order valence-corrected chi connectivity index (χ2v) is 7.20. The van der Waals surface area contributed by atoms with Crippen LogP contribution in [-0.2, 0) is 16.1 Å². The monoisotopic (exact) mass is 356 g/mol. The SMILES string of the molecule is CC(C)C(=O)Nc1ccc(CNC(=O)CCSc2ccccc2)cc1. The van der Waals surface area contributed by atoms with Gasteiger partial charge in [-0.05, 0) is 29.8 Å². The number of carbonyl (C=O) groups is 2. The predicted molar refractivity (Wildman–Crippen MR) is 104 cm³/mol. The maximum absolute atomic E-state index is 11.9. The summed E-state index contributed by atoms with van der Waals surface area (Å²) in [5.41, 5.74) is 1.78. The van der Waals surface area contributed by atoms with Gasteiger partial charge in [0.25, 0.3) is 0 Å². The van der Waals surface area contributed by atoms with Crippen molar-refractivity contribution in [2.24, 2.45) is 5.92 Å². The number of carbonyl (C=O) groups excluding carboxylic acids is 2. The number of rotatable bonds is 8. The third-order valence-electron chi connectivity index (χ3n) is 3.58. The molecule has 0 fully saturated rings. The summed E-state index contributed by atoms with van der Waals surface area (Å²) in [6.07, 6.45) is 0.488. The summed E-state index contributed by atoms with van der Waals surface area (Å²) in [4.78, 5) is 24.7. The molecule has 0 unspecified atom stereocenters. The van der Waals surface area contributed by atoms with Gasteiger partial charge in [0.15, 0.2) is 0 Å². The lowest BCUT2D eigenvalue weighted by Gasteiger charge is -2.09. The van der Waals surface area contributed by atoms with E-state index in [1.807, 2.05) is 68.4 Å². The molecule has 0 saturated heterocycles. The van der Waals surface area contributed by atoms with Gasteiger partial charge in [-0.1, -0.05) is 44.2 Å². The largest absolute Gasteiger partial charge is 0.352 e. The van der Waals surface area contributed by atoms with Crippen LogP contribution in [0.2, 0.25) is 0 Å². The van der Waals surface area contributed by atoms with Crippen LogP contribution in [0.3, 0.4) is 0 Å². The molecule has 2 rings (SSSR count). The van der Waals surface area contributed by atoms with Crippen LogP contribution in [0.5, 0.6) is 0 Å². The fourth-order valence-corrected chi connectivity index (χ4v) is 2.93. The van der Waals surface area contributed by atoms with Crippen LogP contribution in [0.4, 0.5) is 5.69 Å². The lowest BCUT2D eigenvalue weighted by Crippen LogP contribution is -2.23. The Balaban J connectivity index is 1.69. The molecule has 5 heteroatoms. The lowest BCUT2D eigenvalue weighted by atomic mass is 10.1. The average Bonchev–Trinajstić information content (AvgIpc) is 2.62. The van der Waals surface area contributed by atoms with E-state index in [1.165, 1.54) is 4.90 Å². The Labute approximate surface area is 153 Å². The first-order valence-corrected chi connectivity index (χ1v) is 9.37. The highest BCUT2D eigenvalue weighted by Gasteiger charge is 2.07.